The SMILES string of the molecule is Cc1ccc(C(=O)N(Cc2cccc(N)c2)C2CC2)o1. The first-order valence-corrected chi connectivity index (χ1v) is 6.85. The first kappa shape index (κ1) is 12.8. The summed E-state index contributed by atoms with van der Waals surface area (Å²) in [4.78, 5) is 14.4. The van der Waals surface area contributed by atoms with Gasteiger partial charge in [0.2, 0.25) is 0 Å². The summed E-state index contributed by atoms with van der Waals surface area (Å²) in [5.74, 6) is 1.13. The quantitative estimate of drug-likeness (QED) is 0.869. The van der Waals surface area contributed by atoms with Crippen molar-refractivity contribution in [3.63, 3.8) is 0 Å². The van der Waals surface area contributed by atoms with Gasteiger partial charge in [-0.25, -0.2) is 0 Å². The molecule has 0 saturated heterocycles. The molecule has 0 atom stereocenters. The Balaban J connectivity index is 1.81. The van der Waals surface area contributed by atoms with Gasteiger partial charge in [-0.3, -0.25) is 4.79 Å². The second kappa shape index (κ2) is 5.04. The summed E-state index contributed by atoms with van der Waals surface area (Å²) in [7, 11) is 0. The van der Waals surface area contributed by atoms with Gasteiger partial charge in [0.1, 0.15) is 5.76 Å². The highest BCUT2D eigenvalue weighted by atomic mass is 16.3. The monoisotopic (exact) mass is 270 g/mol. The lowest BCUT2D eigenvalue weighted by Crippen LogP contribution is -2.32. The number of carbonyl (C=O) groups is 1. The van der Waals surface area contributed by atoms with Crippen LogP contribution in [0.25, 0.3) is 0 Å². The van der Waals surface area contributed by atoms with Gasteiger partial charge in [0.05, 0.1) is 0 Å². The van der Waals surface area contributed by atoms with E-state index in [1.165, 1.54) is 0 Å². The van der Waals surface area contributed by atoms with Crippen molar-refractivity contribution in [3.8, 4) is 0 Å². The van der Waals surface area contributed by atoms with Crippen LogP contribution in [0.2, 0.25) is 0 Å². The minimum atomic E-state index is -0.0389. The van der Waals surface area contributed by atoms with Crippen LogP contribution in [0.1, 0.15) is 34.7 Å². The summed E-state index contributed by atoms with van der Waals surface area (Å²) in [6.07, 6.45) is 2.13. The van der Waals surface area contributed by atoms with Crippen LogP contribution < -0.4 is 5.73 Å². The van der Waals surface area contributed by atoms with Crippen LogP contribution in [0.3, 0.4) is 0 Å². The molecule has 0 spiro atoms. The number of hydrogen-bond acceptors (Lipinski definition) is 3. The van der Waals surface area contributed by atoms with Gasteiger partial charge in [-0.15, -0.1) is 0 Å². The van der Waals surface area contributed by atoms with E-state index in [9.17, 15) is 4.79 Å². The molecule has 4 heteroatoms. The largest absolute Gasteiger partial charge is 0.456 e. The van der Waals surface area contributed by atoms with Gasteiger partial charge < -0.3 is 15.1 Å². The molecule has 20 heavy (non-hydrogen) atoms. The molecule has 1 amide bonds. The van der Waals surface area contributed by atoms with Crippen molar-refractivity contribution in [3.05, 3.63) is 53.5 Å². The van der Waals surface area contributed by atoms with Crippen LogP contribution in [-0.2, 0) is 6.54 Å². The smallest absolute Gasteiger partial charge is 0.290 e. The zero-order valence-corrected chi connectivity index (χ0v) is 11.5. The number of benzene rings is 1. The summed E-state index contributed by atoms with van der Waals surface area (Å²) in [6.45, 7) is 2.42. The number of aryl methyl sites for hydroxylation is 1. The molecule has 104 valence electrons. The molecule has 0 unspecified atom stereocenters. The highest BCUT2D eigenvalue weighted by molar-refractivity contribution is 5.92. The molecule has 2 aromatic rings. The zero-order chi connectivity index (χ0) is 14.1. The summed E-state index contributed by atoms with van der Waals surface area (Å²) < 4.78 is 5.45. The number of nitrogens with zero attached hydrogens (tertiary/aromatic N) is 1. The minimum absolute atomic E-state index is 0.0389. The number of amides is 1. The molecule has 0 bridgehead atoms. The van der Waals surface area contributed by atoms with E-state index < -0.39 is 0 Å². The minimum Gasteiger partial charge on any atom is -0.456 e. The fourth-order valence-corrected chi connectivity index (χ4v) is 2.33. The van der Waals surface area contributed by atoms with E-state index in [1.807, 2.05) is 42.2 Å². The maximum absolute atomic E-state index is 12.5. The molecular formula is C16H18N2O2. The van der Waals surface area contributed by atoms with Crippen molar-refractivity contribution in [1.82, 2.24) is 4.90 Å². The Morgan fingerprint density at radius 2 is 2.15 bits per heavy atom. The Morgan fingerprint density at radius 3 is 2.75 bits per heavy atom. The normalized spacial score (nSPS) is 14.2. The molecule has 3 rings (SSSR count). The number of hydrogen-bond donors (Lipinski definition) is 1. The second-order valence-corrected chi connectivity index (χ2v) is 5.32. The van der Waals surface area contributed by atoms with Gasteiger partial charge in [0, 0.05) is 18.3 Å². The lowest BCUT2D eigenvalue weighted by Gasteiger charge is -2.21. The number of furan rings is 1. The molecule has 4 nitrogen and oxygen atoms in total. The van der Waals surface area contributed by atoms with Gasteiger partial charge in [-0.2, -0.15) is 0 Å². The third kappa shape index (κ3) is 2.69. The molecule has 1 aromatic carbocycles. The van der Waals surface area contributed by atoms with Gasteiger partial charge in [-0.05, 0) is 49.6 Å². The lowest BCUT2D eigenvalue weighted by atomic mass is 10.2. The number of nitrogen functional groups attached to an aromatic ring is 1. The Labute approximate surface area is 118 Å². The number of rotatable bonds is 4. The van der Waals surface area contributed by atoms with Crippen LogP contribution in [0.4, 0.5) is 5.69 Å². The number of carbonyl (C=O) groups excluding carboxylic acids is 1. The average Bonchev–Trinajstić information content (AvgIpc) is 3.17. The van der Waals surface area contributed by atoms with E-state index in [0.717, 1.165) is 29.9 Å². The van der Waals surface area contributed by atoms with Gasteiger partial charge in [-0.1, -0.05) is 12.1 Å². The van der Waals surface area contributed by atoms with E-state index in [4.69, 9.17) is 10.2 Å². The summed E-state index contributed by atoms with van der Waals surface area (Å²) >= 11 is 0. The predicted octanol–water partition coefficient (Wildman–Crippen LogP) is 2.98. The standard InChI is InChI=1S/C16H18N2O2/c1-11-5-8-15(20-11)16(19)18(14-6-7-14)10-12-3-2-4-13(17)9-12/h2-5,8-9,14H,6-7,10,17H2,1H3. The van der Waals surface area contributed by atoms with Crippen LogP contribution in [-0.4, -0.2) is 16.8 Å². The van der Waals surface area contributed by atoms with E-state index >= 15 is 0 Å². The summed E-state index contributed by atoms with van der Waals surface area (Å²) in [6, 6.07) is 11.6. The van der Waals surface area contributed by atoms with Crippen LogP contribution >= 0.6 is 0 Å². The molecule has 0 aliphatic heterocycles. The molecule has 2 N–H and O–H groups in total. The van der Waals surface area contributed by atoms with E-state index in [1.54, 1.807) is 6.07 Å². The number of nitrogens with two attached hydrogens (primary N) is 1. The first-order chi connectivity index (χ1) is 9.63. The average molecular weight is 270 g/mol. The molecular weight excluding hydrogens is 252 g/mol. The first-order valence-electron chi connectivity index (χ1n) is 6.85. The zero-order valence-electron chi connectivity index (χ0n) is 11.5. The molecule has 1 aliphatic rings. The number of anilines is 1. The van der Waals surface area contributed by atoms with Crippen LogP contribution in [0.15, 0.2) is 40.8 Å². The van der Waals surface area contributed by atoms with Crippen molar-refractivity contribution >= 4 is 11.6 Å². The topological polar surface area (TPSA) is 59.5 Å². The predicted molar refractivity (Wildman–Crippen MR) is 77.2 cm³/mol. The maximum Gasteiger partial charge on any atom is 0.290 e. The van der Waals surface area contributed by atoms with Gasteiger partial charge >= 0.3 is 0 Å². The lowest BCUT2D eigenvalue weighted by molar-refractivity contribution is 0.0696. The van der Waals surface area contributed by atoms with E-state index in [-0.39, 0.29) is 5.91 Å². The van der Waals surface area contributed by atoms with Crippen molar-refractivity contribution in [2.45, 2.75) is 32.4 Å². The highest BCUT2D eigenvalue weighted by Crippen LogP contribution is 2.30. The maximum atomic E-state index is 12.5. The van der Waals surface area contributed by atoms with Crippen molar-refractivity contribution in [2.75, 3.05) is 5.73 Å². The third-order valence-corrected chi connectivity index (χ3v) is 3.50. The van der Waals surface area contributed by atoms with E-state index in [2.05, 4.69) is 0 Å². The summed E-state index contributed by atoms with van der Waals surface area (Å²) in [5.41, 5.74) is 7.57. The summed E-state index contributed by atoms with van der Waals surface area (Å²) in [5, 5.41) is 0. The highest BCUT2D eigenvalue weighted by Gasteiger charge is 2.34. The Morgan fingerprint density at radius 1 is 1.35 bits per heavy atom. The van der Waals surface area contributed by atoms with Crippen molar-refractivity contribution in [1.29, 1.82) is 0 Å². The fraction of sp³-hybridized carbons (Fsp3) is 0.312. The van der Waals surface area contributed by atoms with Gasteiger partial charge in [0.15, 0.2) is 5.76 Å². The van der Waals surface area contributed by atoms with Crippen LogP contribution in [0, 0.1) is 6.92 Å². The Kier molecular flexibility index (Phi) is 3.22. The van der Waals surface area contributed by atoms with Crippen molar-refractivity contribution < 1.29 is 9.21 Å². The molecule has 1 fully saturated rings. The Bertz CT molecular complexity index is 629. The van der Waals surface area contributed by atoms with Crippen LogP contribution in [0.5, 0.6) is 0 Å². The third-order valence-electron chi connectivity index (χ3n) is 3.50. The van der Waals surface area contributed by atoms with Crippen molar-refractivity contribution in [2.24, 2.45) is 0 Å². The molecule has 1 aliphatic carbocycles. The molecule has 0 radical (unpaired) electrons. The van der Waals surface area contributed by atoms with Gasteiger partial charge in [0.25, 0.3) is 5.91 Å². The fourth-order valence-electron chi connectivity index (χ4n) is 2.33. The molecule has 1 heterocycles. The van der Waals surface area contributed by atoms with E-state index in [0.29, 0.717) is 18.3 Å². The molecule has 1 saturated carbocycles. The second-order valence-electron chi connectivity index (χ2n) is 5.32. The molecule has 1 aromatic heterocycles. The Hall–Kier alpha value is -2.23.